The number of hydrogen-bond acceptors (Lipinski definition) is 2. The standard InChI is InChI=1S/C19H38O2/c1-5-7-8-9-10-11-12-13-14-15-16-17(3)18(4)21-19(20)6-2/h17-18H,5-16H2,1-4H3. The van der Waals surface area contributed by atoms with Crippen molar-refractivity contribution in [2.45, 2.75) is 111 Å². The molecule has 0 heterocycles. The first-order valence-corrected chi connectivity index (χ1v) is 9.31. The van der Waals surface area contributed by atoms with Gasteiger partial charge in [-0.15, -0.1) is 0 Å². The first-order valence-electron chi connectivity index (χ1n) is 9.31. The molecule has 0 fully saturated rings. The van der Waals surface area contributed by atoms with Crippen LogP contribution in [0.25, 0.3) is 0 Å². The van der Waals surface area contributed by atoms with Gasteiger partial charge in [0.1, 0.15) is 6.10 Å². The maximum atomic E-state index is 11.2. The highest BCUT2D eigenvalue weighted by atomic mass is 16.5. The van der Waals surface area contributed by atoms with Crippen molar-refractivity contribution < 1.29 is 9.53 Å². The van der Waals surface area contributed by atoms with Gasteiger partial charge in [-0.2, -0.15) is 0 Å². The van der Waals surface area contributed by atoms with E-state index in [1.54, 1.807) is 0 Å². The van der Waals surface area contributed by atoms with Gasteiger partial charge in [-0.05, 0) is 19.3 Å². The average molecular weight is 299 g/mol. The second-order valence-electron chi connectivity index (χ2n) is 6.50. The highest BCUT2D eigenvalue weighted by Crippen LogP contribution is 2.17. The van der Waals surface area contributed by atoms with Gasteiger partial charge in [0.2, 0.25) is 0 Å². The van der Waals surface area contributed by atoms with Gasteiger partial charge in [-0.3, -0.25) is 4.79 Å². The summed E-state index contributed by atoms with van der Waals surface area (Å²) < 4.78 is 5.36. The summed E-state index contributed by atoms with van der Waals surface area (Å²) in [5, 5.41) is 0. The Bertz CT molecular complexity index is 238. The molecular formula is C19H38O2. The molecule has 0 rings (SSSR count). The molecule has 0 aromatic carbocycles. The topological polar surface area (TPSA) is 26.3 Å². The fraction of sp³-hybridized carbons (Fsp3) is 0.947. The molecule has 0 amide bonds. The fourth-order valence-electron chi connectivity index (χ4n) is 2.60. The molecule has 0 aliphatic carbocycles. The Labute approximate surface area is 133 Å². The SMILES string of the molecule is CCCCCCCCCCCCC(C)C(C)OC(=O)CC. The van der Waals surface area contributed by atoms with E-state index >= 15 is 0 Å². The van der Waals surface area contributed by atoms with Crippen molar-refractivity contribution >= 4 is 5.97 Å². The van der Waals surface area contributed by atoms with Crippen LogP contribution in [0.2, 0.25) is 0 Å². The van der Waals surface area contributed by atoms with Crippen LogP contribution in [0.3, 0.4) is 0 Å². The average Bonchev–Trinajstić information content (AvgIpc) is 2.48. The first kappa shape index (κ1) is 20.5. The molecule has 0 N–H and O–H groups in total. The third-order valence-electron chi connectivity index (χ3n) is 4.42. The largest absolute Gasteiger partial charge is 0.462 e. The van der Waals surface area contributed by atoms with Gasteiger partial charge in [-0.25, -0.2) is 0 Å². The first-order chi connectivity index (χ1) is 10.1. The molecule has 0 spiro atoms. The lowest BCUT2D eigenvalue weighted by molar-refractivity contribution is -0.150. The molecule has 0 aliphatic heterocycles. The molecule has 0 aromatic heterocycles. The predicted octanol–water partition coefficient (Wildman–Crippen LogP) is 6.28. The van der Waals surface area contributed by atoms with E-state index in [2.05, 4.69) is 13.8 Å². The molecule has 0 saturated carbocycles. The van der Waals surface area contributed by atoms with Crippen LogP contribution in [-0.2, 0) is 9.53 Å². The van der Waals surface area contributed by atoms with Crippen molar-refractivity contribution in [1.29, 1.82) is 0 Å². The van der Waals surface area contributed by atoms with Crippen LogP contribution in [0.1, 0.15) is 105 Å². The van der Waals surface area contributed by atoms with Crippen LogP contribution < -0.4 is 0 Å². The minimum absolute atomic E-state index is 0.0658. The second kappa shape index (κ2) is 14.4. The quantitative estimate of drug-likeness (QED) is 0.279. The molecule has 21 heavy (non-hydrogen) atoms. The minimum atomic E-state index is -0.0718. The van der Waals surface area contributed by atoms with Crippen molar-refractivity contribution in [3.05, 3.63) is 0 Å². The lowest BCUT2D eigenvalue weighted by Gasteiger charge is -2.20. The Morgan fingerprint density at radius 1 is 0.810 bits per heavy atom. The normalized spacial score (nSPS) is 13.9. The number of hydrogen-bond donors (Lipinski definition) is 0. The third-order valence-corrected chi connectivity index (χ3v) is 4.42. The van der Waals surface area contributed by atoms with Crippen molar-refractivity contribution in [2.75, 3.05) is 0 Å². The molecule has 2 unspecified atom stereocenters. The highest BCUT2D eigenvalue weighted by Gasteiger charge is 2.15. The van der Waals surface area contributed by atoms with Crippen LogP contribution >= 0.6 is 0 Å². The van der Waals surface area contributed by atoms with E-state index in [0.717, 1.165) is 0 Å². The van der Waals surface area contributed by atoms with Crippen LogP contribution in [0.4, 0.5) is 0 Å². The van der Waals surface area contributed by atoms with Crippen molar-refractivity contribution in [3.8, 4) is 0 Å². The smallest absolute Gasteiger partial charge is 0.305 e. The summed E-state index contributed by atoms with van der Waals surface area (Å²) in [5.74, 6) is 0.409. The lowest BCUT2D eigenvalue weighted by Crippen LogP contribution is -2.21. The molecule has 2 heteroatoms. The van der Waals surface area contributed by atoms with E-state index in [4.69, 9.17) is 4.74 Å². The van der Waals surface area contributed by atoms with E-state index in [1.165, 1.54) is 70.6 Å². The molecule has 0 radical (unpaired) electrons. The highest BCUT2D eigenvalue weighted by molar-refractivity contribution is 5.69. The van der Waals surface area contributed by atoms with Crippen LogP contribution in [0, 0.1) is 5.92 Å². The van der Waals surface area contributed by atoms with Gasteiger partial charge in [0.15, 0.2) is 0 Å². The number of carbonyl (C=O) groups is 1. The maximum absolute atomic E-state index is 11.2. The van der Waals surface area contributed by atoms with E-state index in [1.807, 2.05) is 13.8 Å². The number of ether oxygens (including phenoxy) is 1. The predicted molar refractivity (Wildman–Crippen MR) is 91.5 cm³/mol. The zero-order valence-corrected chi connectivity index (χ0v) is 15.0. The van der Waals surface area contributed by atoms with Crippen LogP contribution in [0.5, 0.6) is 0 Å². The van der Waals surface area contributed by atoms with Crippen molar-refractivity contribution in [2.24, 2.45) is 5.92 Å². The molecule has 0 saturated heterocycles. The molecule has 2 nitrogen and oxygen atoms in total. The summed E-state index contributed by atoms with van der Waals surface area (Å²) in [6.07, 6.45) is 15.5. The number of esters is 1. The molecule has 0 aromatic rings. The van der Waals surface area contributed by atoms with Gasteiger partial charge < -0.3 is 4.74 Å². The zero-order chi connectivity index (χ0) is 15.9. The minimum Gasteiger partial charge on any atom is -0.462 e. The lowest BCUT2D eigenvalue weighted by atomic mass is 9.97. The summed E-state index contributed by atoms with van der Waals surface area (Å²) >= 11 is 0. The number of rotatable bonds is 14. The van der Waals surface area contributed by atoms with E-state index < -0.39 is 0 Å². The summed E-state index contributed by atoms with van der Waals surface area (Å²) in [6, 6.07) is 0. The van der Waals surface area contributed by atoms with Crippen molar-refractivity contribution in [3.63, 3.8) is 0 Å². The Morgan fingerprint density at radius 2 is 1.29 bits per heavy atom. The van der Waals surface area contributed by atoms with Crippen molar-refractivity contribution in [1.82, 2.24) is 0 Å². The number of unbranched alkanes of at least 4 members (excludes halogenated alkanes) is 9. The third kappa shape index (κ3) is 12.9. The maximum Gasteiger partial charge on any atom is 0.305 e. The van der Waals surface area contributed by atoms with Gasteiger partial charge in [0.25, 0.3) is 0 Å². The van der Waals surface area contributed by atoms with Gasteiger partial charge in [0, 0.05) is 6.42 Å². The molecule has 126 valence electrons. The van der Waals surface area contributed by atoms with E-state index in [-0.39, 0.29) is 12.1 Å². The zero-order valence-electron chi connectivity index (χ0n) is 15.0. The number of carbonyl (C=O) groups excluding carboxylic acids is 1. The van der Waals surface area contributed by atoms with Gasteiger partial charge >= 0.3 is 5.97 Å². The summed E-state index contributed by atoms with van der Waals surface area (Å²) in [4.78, 5) is 11.2. The Balaban J connectivity index is 3.35. The summed E-state index contributed by atoms with van der Waals surface area (Å²) in [7, 11) is 0. The Hall–Kier alpha value is -0.530. The van der Waals surface area contributed by atoms with E-state index in [9.17, 15) is 4.79 Å². The summed E-state index contributed by atoms with van der Waals surface area (Å²) in [5.41, 5.74) is 0. The fourth-order valence-corrected chi connectivity index (χ4v) is 2.60. The monoisotopic (exact) mass is 298 g/mol. The Kier molecular flexibility index (Phi) is 14.0. The molecular weight excluding hydrogens is 260 g/mol. The van der Waals surface area contributed by atoms with Gasteiger partial charge in [-0.1, -0.05) is 85.0 Å². The molecule has 2 atom stereocenters. The van der Waals surface area contributed by atoms with Crippen LogP contribution in [-0.4, -0.2) is 12.1 Å². The second-order valence-corrected chi connectivity index (χ2v) is 6.50. The van der Waals surface area contributed by atoms with E-state index in [0.29, 0.717) is 12.3 Å². The Morgan fingerprint density at radius 3 is 1.76 bits per heavy atom. The summed E-state index contributed by atoms with van der Waals surface area (Å²) in [6.45, 7) is 8.34. The molecule has 0 bridgehead atoms. The molecule has 0 aliphatic rings. The van der Waals surface area contributed by atoms with Gasteiger partial charge in [0.05, 0.1) is 0 Å². The van der Waals surface area contributed by atoms with Crippen LogP contribution in [0.15, 0.2) is 0 Å².